The lowest BCUT2D eigenvalue weighted by Crippen LogP contribution is -2.49. The summed E-state index contributed by atoms with van der Waals surface area (Å²) < 4.78 is 0. The number of hydrogen-bond acceptors (Lipinski definition) is 4. The van der Waals surface area contributed by atoms with Gasteiger partial charge in [0.05, 0.1) is 6.10 Å². The van der Waals surface area contributed by atoms with E-state index in [1.54, 1.807) is 11.9 Å². The number of hydrogen-bond donors (Lipinski definition) is 2. The van der Waals surface area contributed by atoms with E-state index in [2.05, 4.69) is 36.0 Å². The number of para-hydroxylation sites is 1. The minimum Gasteiger partial charge on any atom is -0.390 e. The summed E-state index contributed by atoms with van der Waals surface area (Å²) in [6.07, 6.45) is -0.542. The highest BCUT2D eigenvalue weighted by atomic mass is 16.3. The molecule has 0 radical (unpaired) electrons. The molecule has 0 aromatic heterocycles. The maximum atomic E-state index is 12.4. The third-order valence-electron chi connectivity index (χ3n) is 4.72. The molecule has 1 heterocycles. The molecule has 2 N–H and O–H groups in total. The number of likely N-dealkylation sites (N-methyl/N-ethyl adjacent to an activating group) is 2. The maximum absolute atomic E-state index is 12.4. The lowest BCUT2D eigenvalue weighted by atomic mass is 10.0. The third kappa shape index (κ3) is 5.99. The number of piperazine rings is 1. The molecule has 140 valence electrons. The lowest BCUT2D eigenvalue weighted by Gasteiger charge is -2.34. The second-order valence-corrected chi connectivity index (χ2v) is 7.31. The number of benzene rings is 1. The predicted octanol–water partition coefficient (Wildman–Crippen LogP) is 1.88. The molecular formula is C19H32N4O2. The van der Waals surface area contributed by atoms with Gasteiger partial charge in [0.15, 0.2) is 0 Å². The molecule has 0 unspecified atom stereocenters. The van der Waals surface area contributed by atoms with E-state index in [1.165, 1.54) is 0 Å². The molecule has 6 nitrogen and oxygen atoms in total. The SMILES string of the molecule is CC(C)c1ccccc1NC(=O)N(C)C[C@H](O)CN1CCN(C)CC1. The number of aliphatic hydroxyl groups excluding tert-OH is 1. The zero-order valence-electron chi connectivity index (χ0n) is 15.9. The molecule has 25 heavy (non-hydrogen) atoms. The fourth-order valence-corrected chi connectivity index (χ4v) is 3.11. The van der Waals surface area contributed by atoms with Crippen molar-refractivity contribution in [1.29, 1.82) is 0 Å². The van der Waals surface area contributed by atoms with Gasteiger partial charge in [0.1, 0.15) is 0 Å². The van der Waals surface area contributed by atoms with E-state index in [0.29, 0.717) is 19.0 Å². The van der Waals surface area contributed by atoms with Crippen LogP contribution < -0.4 is 5.32 Å². The summed E-state index contributed by atoms with van der Waals surface area (Å²) in [6, 6.07) is 7.66. The van der Waals surface area contributed by atoms with Crippen LogP contribution in [-0.4, -0.2) is 85.3 Å². The van der Waals surface area contributed by atoms with Gasteiger partial charge in [-0.25, -0.2) is 4.79 Å². The zero-order valence-corrected chi connectivity index (χ0v) is 15.9. The summed E-state index contributed by atoms with van der Waals surface area (Å²) in [7, 11) is 3.83. The van der Waals surface area contributed by atoms with Crippen molar-refractivity contribution in [2.24, 2.45) is 0 Å². The minimum atomic E-state index is -0.542. The highest BCUT2D eigenvalue weighted by Gasteiger charge is 2.20. The molecule has 0 spiro atoms. The van der Waals surface area contributed by atoms with Crippen LogP contribution in [0.1, 0.15) is 25.3 Å². The Hall–Kier alpha value is -1.63. The number of amides is 2. The predicted molar refractivity (Wildman–Crippen MR) is 102 cm³/mol. The number of urea groups is 1. The Balaban J connectivity index is 1.83. The fourth-order valence-electron chi connectivity index (χ4n) is 3.11. The van der Waals surface area contributed by atoms with Crippen LogP contribution in [0.3, 0.4) is 0 Å². The van der Waals surface area contributed by atoms with Crippen LogP contribution in [0.25, 0.3) is 0 Å². The van der Waals surface area contributed by atoms with E-state index < -0.39 is 6.10 Å². The highest BCUT2D eigenvalue weighted by Crippen LogP contribution is 2.23. The minimum absolute atomic E-state index is 0.189. The number of nitrogens with zero attached hydrogens (tertiary/aromatic N) is 3. The largest absolute Gasteiger partial charge is 0.390 e. The van der Waals surface area contributed by atoms with E-state index >= 15 is 0 Å². The van der Waals surface area contributed by atoms with Crippen LogP contribution in [-0.2, 0) is 0 Å². The van der Waals surface area contributed by atoms with E-state index in [-0.39, 0.29) is 6.03 Å². The Labute approximate surface area is 151 Å². The quantitative estimate of drug-likeness (QED) is 0.824. The van der Waals surface area contributed by atoms with Gasteiger partial charge in [-0.3, -0.25) is 4.90 Å². The molecule has 2 amide bonds. The summed E-state index contributed by atoms with van der Waals surface area (Å²) in [5, 5.41) is 13.3. The van der Waals surface area contributed by atoms with Gasteiger partial charge in [-0.15, -0.1) is 0 Å². The molecule has 0 aliphatic carbocycles. The van der Waals surface area contributed by atoms with Gasteiger partial charge in [0.25, 0.3) is 0 Å². The first-order valence-electron chi connectivity index (χ1n) is 9.06. The van der Waals surface area contributed by atoms with Crippen LogP contribution in [0.4, 0.5) is 10.5 Å². The van der Waals surface area contributed by atoms with E-state index in [4.69, 9.17) is 0 Å². The molecule has 0 saturated carbocycles. The number of anilines is 1. The molecule has 0 bridgehead atoms. The van der Waals surface area contributed by atoms with Gasteiger partial charge < -0.3 is 20.2 Å². The first-order chi connectivity index (χ1) is 11.9. The topological polar surface area (TPSA) is 59.1 Å². The van der Waals surface area contributed by atoms with Gasteiger partial charge in [-0.1, -0.05) is 32.0 Å². The van der Waals surface area contributed by atoms with Crippen LogP contribution in [0, 0.1) is 0 Å². The van der Waals surface area contributed by atoms with Crippen molar-refractivity contribution >= 4 is 11.7 Å². The zero-order chi connectivity index (χ0) is 18.4. The van der Waals surface area contributed by atoms with Crippen molar-refractivity contribution in [3.8, 4) is 0 Å². The first-order valence-corrected chi connectivity index (χ1v) is 9.06. The monoisotopic (exact) mass is 348 g/mol. The van der Waals surface area contributed by atoms with Crippen molar-refractivity contribution in [2.45, 2.75) is 25.9 Å². The van der Waals surface area contributed by atoms with Crippen molar-refractivity contribution in [2.75, 3.05) is 58.7 Å². The summed E-state index contributed by atoms with van der Waals surface area (Å²) >= 11 is 0. The van der Waals surface area contributed by atoms with Crippen molar-refractivity contribution in [3.05, 3.63) is 29.8 Å². The molecular weight excluding hydrogens is 316 g/mol. The number of aliphatic hydroxyl groups is 1. The number of rotatable bonds is 6. The second-order valence-electron chi connectivity index (χ2n) is 7.31. The molecule has 1 aliphatic rings. The van der Waals surface area contributed by atoms with Crippen molar-refractivity contribution in [3.63, 3.8) is 0 Å². The Morgan fingerprint density at radius 3 is 2.52 bits per heavy atom. The second kappa shape index (κ2) is 9.17. The Morgan fingerprint density at radius 2 is 1.88 bits per heavy atom. The lowest BCUT2D eigenvalue weighted by molar-refractivity contribution is 0.0670. The third-order valence-corrected chi connectivity index (χ3v) is 4.72. The van der Waals surface area contributed by atoms with Gasteiger partial charge >= 0.3 is 6.03 Å². The molecule has 1 saturated heterocycles. The van der Waals surface area contributed by atoms with Crippen molar-refractivity contribution < 1.29 is 9.90 Å². The van der Waals surface area contributed by atoms with Crippen molar-refractivity contribution in [1.82, 2.24) is 14.7 Å². The summed E-state index contributed by atoms with van der Waals surface area (Å²) in [5.74, 6) is 0.338. The van der Waals surface area contributed by atoms with Gasteiger partial charge in [0, 0.05) is 52.0 Å². The molecule has 1 aromatic carbocycles. The van der Waals surface area contributed by atoms with Gasteiger partial charge in [-0.2, -0.15) is 0 Å². The van der Waals surface area contributed by atoms with Gasteiger partial charge in [-0.05, 0) is 24.6 Å². The highest BCUT2D eigenvalue weighted by molar-refractivity contribution is 5.90. The molecule has 1 fully saturated rings. The molecule has 1 aromatic rings. The number of carbonyl (C=O) groups is 1. The van der Waals surface area contributed by atoms with E-state index in [9.17, 15) is 9.90 Å². The number of carbonyl (C=O) groups excluding carboxylic acids is 1. The van der Waals surface area contributed by atoms with Gasteiger partial charge in [0.2, 0.25) is 0 Å². The standard InChI is InChI=1S/C19H32N4O2/c1-15(2)17-7-5-6-8-18(17)20-19(25)22(4)13-16(24)14-23-11-9-21(3)10-12-23/h5-8,15-16,24H,9-14H2,1-4H3,(H,20,25)/t16-/m0/s1. The summed E-state index contributed by atoms with van der Waals surface area (Å²) in [4.78, 5) is 18.5. The Morgan fingerprint density at radius 1 is 1.24 bits per heavy atom. The smallest absolute Gasteiger partial charge is 0.321 e. The molecule has 1 atom stereocenters. The average molecular weight is 348 g/mol. The number of nitrogens with one attached hydrogen (secondary N) is 1. The number of β-amino-alcohol motifs (C(OH)–C–C–N with tert-alkyl or cyclic N) is 1. The molecule has 6 heteroatoms. The fraction of sp³-hybridized carbons (Fsp3) is 0.632. The molecule has 1 aliphatic heterocycles. The van der Waals surface area contributed by atoms with Crippen LogP contribution in [0.15, 0.2) is 24.3 Å². The normalized spacial score (nSPS) is 17.5. The van der Waals surface area contributed by atoms with Crippen LogP contribution >= 0.6 is 0 Å². The maximum Gasteiger partial charge on any atom is 0.321 e. The Kier molecular flexibility index (Phi) is 7.23. The summed E-state index contributed by atoms with van der Waals surface area (Å²) in [5.41, 5.74) is 1.95. The first kappa shape index (κ1) is 19.7. The van der Waals surface area contributed by atoms with E-state index in [0.717, 1.165) is 37.4 Å². The molecule has 2 rings (SSSR count). The summed E-state index contributed by atoms with van der Waals surface area (Å²) in [6.45, 7) is 9.11. The van der Waals surface area contributed by atoms with E-state index in [1.807, 2.05) is 24.3 Å². The average Bonchev–Trinajstić information content (AvgIpc) is 2.57. The van der Waals surface area contributed by atoms with Crippen LogP contribution in [0.5, 0.6) is 0 Å². The Bertz CT molecular complexity index is 556. The van der Waals surface area contributed by atoms with Crippen LogP contribution in [0.2, 0.25) is 0 Å².